The van der Waals surface area contributed by atoms with Crippen LogP contribution in [-0.4, -0.2) is 17.2 Å². The Bertz CT molecular complexity index is 644. The molecule has 2 atom stereocenters. The van der Waals surface area contributed by atoms with Crippen LogP contribution >= 0.6 is 23.2 Å². The zero-order valence-corrected chi connectivity index (χ0v) is 14.0. The van der Waals surface area contributed by atoms with Gasteiger partial charge < -0.3 is 15.2 Å². The standard InChI is InChI=1S/C17H17Cl2NO3/c1-11(16(21)15-13(18)8-5-9-14(15)19)20-17(22)23-10-12-6-3-2-4-7-12/h2-9,11,16,21H,10H2,1H3,(H,20,22). The molecule has 0 aliphatic rings. The van der Waals surface area contributed by atoms with E-state index in [1.165, 1.54) is 0 Å². The highest BCUT2D eigenvalue weighted by Crippen LogP contribution is 2.31. The fourth-order valence-corrected chi connectivity index (χ4v) is 2.69. The van der Waals surface area contributed by atoms with E-state index in [0.29, 0.717) is 15.6 Å². The Hall–Kier alpha value is -1.75. The minimum absolute atomic E-state index is 0.155. The van der Waals surface area contributed by atoms with Crippen LogP contribution in [0.3, 0.4) is 0 Å². The van der Waals surface area contributed by atoms with Crippen LogP contribution in [0.5, 0.6) is 0 Å². The van der Waals surface area contributed by atoms with Crippen molar-refractivity contribution >= 4 is 29.3 Å². The Morgan fingerprint density at radius 1 is 1.13 bits per heavy atom. The van der Waals surface area contributed by atoms with Crippen molar-refractivity contribution in [3.63, 3.8) is 0 Å². The fourth-order valence-electron chi connectivity index (χ4n) is 2.07. The van der Waals surface area contributed by atoms with Gasteiger partial charge in [0.25, 0.3) is 0 Å². The number of carbonyl (C=O) groups is 1. The Morgan fingerprint density at radius 2 is 1.74 bits per heavy atom. The fraction of sp³-hybridized carbons (Fsp3) is 0.235. The lowest BCUT2D eigenvalue weighted by molar-refractivity contribution is 0.106. The summed E-state index contributed by atoms with van der Waals surface area (Å²) in [5.74, 6) is 0. The molecule has 2 unspecified atom stereocenters. The molecule has 0 fully saturated rings. The van der Waals surface area contributed by atoms with Gasteiger partial charge in [0.15, 0.2) is 0 Å². The third-order valence-electron chi connectivity index (χ3n) is 3.33. The molecule has 0 spiro atoms. The molecular formula is C17H17Cl2NO3. The predicted molar refractivity (Wildman–Crippen MR) is 90.6 cm³/mol. The Balaban J connectivity index is 1.93. The second-order valence-electron chi connectivity index (χ2n) is 5.07. The second-order valence-corrected chi connectivity index (χ2v) is 5.89. The quantitative estimate of drug-likeness (QED) is 0.840. The molecule has 122 valence electrons. The van der Waals surface area contributed by atoms with E-state index in [1.807, 2.05) is 30.3 Å². The lowest BCUT2D eigenvalue weighted by atomic mass is 10.0. The van der Waals surface area contributed by atoms with Gasteiger partial charge in [-0.25, -0.2) is 4.79 Å². The number of hydrogen-bond acceptors (Lipinski definition) is 3. The zero-order valence-electron chi connectivity index (χ0n) is 12.5. The van der Waals surface area contributed by atoms with Crippen LogP contribution in [0.25, 0.3) is 0 Å². The smallest absolute Gasteiger partial charge is 0.407 e. The summed E-state index contributed by atoms with van der Waals surface area (Å²) in [7, 11) is 0. The summed E-state index contributed by atoms with van der Waals surface area (Å²) in [6.07, 6.45) is -1.66. The normalized spacial score (nSPS) is 13.2. The van der Waals surface area contributed by atoms with Gasteiger partial charge in [0.1, 0.15) is 12.7 Å². The molecule has 4 nitrogen and oxygen atoms in total. The number of ether oxygens (including phenoxy) is 1. The molecular weight excluding hydrogens is 337 g/mol. The molecule has 0 radical (unpaired) electrons. The molecule has 2 aromatic carbocycles. The Labute approximate surface area is 145 Å². The van der Waals surface area contributed by atoms with Crippen molar-refractivity contribution in [3.05, 3.63) is 69.7 Å². The van der Waals surface area contributed by atoms with E-state index in [9.17, 15) is 9.90 Å². The van der Waals surface area contributed by atoms with Crippen LogP contribution < -0.4 is 5.32 Å². The molecule has 2 aromatic rings. The molecule has 2 rings (SSSR count). The number of rotatable bonds is 5. The molecule has 0 aromatic heterocycles. The number of aliphatic hydroxyl groups is 1. The number of alkyl carbamates (subject to hydrolysis) is 1. The summed E-state index contributed by atoms with van der Waals surface area (Å²) in [4.78, 5) is 11.8. The third-order valence-corrected chi connectivity index (χ3v) is 3.99. The second kappa shape index (κ2) is 8.20. The lowest BCUT2D eigenvalue weighted by Crippen LogP contribution is -2.37. The van der Waals surface area contributed by atoms with Gasteiger partial charge in [0, 0.05) is 15.6 Å². The van der Waals surface area contributed by atoms with Gasteiger partial charge in [0.05, 0.1) is 6.04 Å². The van der Waals surface area contributed by atoms with E-state index in [4.69, 9.17) is 27.9 Å². The van der Waals surface area contributed by atoms with E-state index in [0.717, 1.165) is 5.56 Å². The maximum atomic E-state index is 11.8. The predicted octanol–water partition coefficient (Wildman–Crippen LogP) is 4.34. The summed E-state index contributed by atoms with van der Waals surface area (Å²) >= 11 is 12.1. The number of carbonyl (C=O) groups excluding carboxylic acids is 1. The first-order valence-corrected chi connectivity index (χ1v) is 7.84. The largest absolute Gasteiger partial charge is 0.445 e. The highest BCUT2D eigenvalue weighted by atomic mass is 35.5. The number of benzene rings is 2. The molecule has 0 saturated carbocycles. The summed E-state index contributed by atoms with van der Waals surface area (Å²) < 4.78 is 5.12. The highest BCUT2D eigenvalue weighted by Gasteiger charge is 2.23. The van der Waals surface area contributed by atoms with Crippen molar-refractivity contribution in [3.8, 4) is 0 Å². The summed E-state index contributed by atoms with van der Waals surface area (Å²) in [6, 6.07) is 13.7. The molecule has 2 N–H and O–H groups in total. The van der Waals surface area contributed by atoms with Crippen molar-refractivity contribution in [2.45, 2.75) is 25.7 Å². The summed E-state index contributed by atoms with van der Waals surface area (Å²) in [6.45, 7) is 1.80. The van der Waals surface area contributed by atoms with Crippen molar-refractivity contribution in [2.24, 2.45) is 0 Å². The molecule has 0 heterocycles. The maximum absolute atomic E-state index is 11.8. The van der Waals surface area contributed by atoms with Gasteiger partial charge in [-0.3, -0.25) is 0 Å². The van der Waals surface area contributed by atoms with Gasteiger partial charge >= 0.3 is 6.09 Å². The molecule has 23 heavy (non-hydrogen) atoms. The van der Waals surface area contributed by atoms with Gasteiger partial charge in [-0.2, -0.15) is 0 Å². The lowest BCUT2D eigenvalue weighted by Gasteiger charge is -2.22. The van der Waals surface area contributed by atoms with E-state index < -0.39 is 18.2 Å². The minimum atomic E-state index is -1.04. The number of halogens is 2. The topological polar surface area (TPSA) is 58.6 Å². The van der Waals surface area contributed by atoms with E-state index >= 15 is 0 Å². The van der Waals surface area contributed by atoms with Crippen molar-refractivity contribution in [1.29, 1.82) is 0 Å². The highest BCUT2D eigenvalue weighted by molar-refractivity contribution is 6.36. The maximum Gasteiger partial charge on any atom is 0.407 e. The van der Waals surface area contributed by atoms with Crippen LogP contribution in [0.15, 0.2) is 48.5 Å². The van der Waals surface area contributed by atoms with Crippen LogP contribution in [0.1, 0.15) is 24.2 Å². The molecule has 0 bridgehead atoms. The van der Waals surface area contributed by atoms with Crippen molar-refractivity contribution in [1.82, 2.24) is 5.32 Å². The van der Waals surface area contributed by atoms with E-state index in [1.54, 1.807) is 25.1 Å². The Morgan fingerprint density at radius 3 is 2.35 bits per heavy atom. The molecule has 6 heteroatoms. The monoisotopic (exact) mass is 353 g/mol. The van der Waals surface area contributed by atoms with Crippen molar-refractivity contribution < 1.29 is 14.6 Å². The van der Waals surface area contributed by atoms with E-state index in [-0.39, 0.29) is 6.61 Å². The number of aliphatic hydroxyl groups excluding tert-OH is 1. The first kappa shape index (κ1) is 17.6. The summed E-state index contributed by atoms with van der Waals surface area (Å²) in [5.41, 5.74) is 1.26. The Kier molecular flexibility index (Phi) is 6.28. The molecule has 1 amide bonds. The van der Waals surface area contributed by atoms with Gasteiger partial charge in [0.2, 0.25) is 0 Å². The minimum Gasteiger partial charge on any atom is -0.445 e. The zero-order chi connectivity index (χ0) is 16.8. The number of nitrogens with one attached hydrogen (secondary N) is 1. The van der Waals surface area contributed by atoms with Crippen LogP contribution in [0.4, 0.5) is 4.79 Å². The first-order valence-electron chi connectivity index (χ1n) is 7.08. The van der Waals surface area contributed by atoms with Crippen LogP contribution in [-0.2, 0) is 11.3 Å². The molecule has 0 aliphatic heterocycles. The molecule has 0 aliphatic carbocycles. The van der Waals surface area contributed by atoms with Gasteiger partial charge in [-0.05, 0) is 24.6 Å². The van der Waals surface area contributed by atoms with Gasteiger partial charge in [-0.1, -0.05) is 59.6 Å². The SMILES string of the molecule is CC(NC(=O)OCc1ccccc1)C(O)c1c(Cl)cccc1Cl. The summed E-state index contributed by atoms with van der Waals surface area (Å²) in [5, 5.41) is 13.6. The number of hydrogen-bond donors (Lipinski definition) is 2. The molecule has 0 saturated heterocycles. The van der Waals surface area contributed by atoms with E-state index in [2.05, 4.69) is 5.32 Å². The average molecular weight is 354 g/mol. The third kappa shape index (κ3) is 4.86. The van der Waals surface area contributed by atoms with Crippen LogP contribution in [0, 0.1) is 0 Å². The number of amides is 1. The van der Waals surface area contributed by atoms with Crippen LogP contribution in [0.2, 0.25) is 10.0 Å². The van der Waals surface area contributed by atoms with Gasteiger partial charge in [-0.15, -0.1) is 0 Å². The first-order chi connectivity index (χ1) is 11.0. The average Bonchev–Trinajstić information content (AvgIpc) is 2.53. The van der Waals surface area contributed by atoms with Crippen molar-refractivity contribution in [2.75, 3.05) is 0 Å².